The van der Waals surface area contributed by atoms with Gasteiger partial charge in [-0.1, -0.05) is 13.8 Å². The van der Waals surface area contributed by atoms with Gasteiger partial charge >= 0.3 is 0 Å². The predicted molar refractivity (Wildman–Crippen MR) is 116 cm³/mol. The summed E-state index contributed by atoms with van der Waals surface area (Å²) in [7, 11) is 1.97. The Hall–Kier alpha value is -0.900. The molecule has 7 nitrogen and oxygen atoms in total. The van der Waals surface area contributed by atoms with Crippen molar-refractivity contribution in [1.82, 2.24) is 30.3 Å². The Bertz CT molecular complexity index is 497. The molecule has 0 radical (unpaired) electrons. The molecule has 1 rings (SSSR count). The molecule has 0 bridgehead atoms. The third-order valence-corrected chi connectivity index (χ3v) is 4.29. The van der Waals surface area contributed by atoms with Crippen LogP contribution in [0.4, 0.5) is 0 Å². The van der Waals surface area contributed by atoms with Crippen molar-refractivity contribution >= 4 is 29.9 Å². The van der Waals surface area contributed by atoms with Crippen molar-refractivity contribution in [3.63, 3.8) is 0 Å². The molecule has 1 atom stereocenters. The summed E-state index contributed by atoms with van der Waals surface area (Å²) in [5, 5.41) is 15.0. The zero-order chi connectivity index (χ0) is 17.9. The number of halogens is 1. The van der Waals surface area contributed by atoms with Gasteiger partial charge in [-0.2, -0.15) is 0 Å². The summed E-state index contributed by atoms with van der Waals surface area (Å²) in [5.74, 6) is 2.62. The zero-order valence-electron chi connectivity index (χ0n) is 16.7. The Kier molecular flexibility index (Phi) is 12.8. The minimum Gasteiger partial charge on any atom is -0.357 e. The third kappa shape index (κ3) is 8.84. The first-order valence-electron chi connectivity index (χ1n) is 9.13. The van der Waals surface area contributed by atoms with Crippen molar-refractivity contribution in [3.05, 3.63) is 11.6 Å². The smallest absolute Gasteiger partial charge is 0.191 e. The minimum absolute atomic E-state index is 0. The average Bonchev–Trinajstić information content (AvgIpc) is 2.88. The van der Waals surface area contributed by atoms with E-state index < -0.39 is 0 Å². The second-order valence-electron chi connectivity index (χ2n) is 6.13. The number of hydrogen-bond acceptors (Lipinski definition) is 4. The summed E-state index contributed by atoms with van der Waals surface area (Å²) in [4.78, 5) is 7.09. The summed E-state index contributed by atoms with van der Waals surface area (Å²) in [5.41, 5.74) is 0. The van der Waals surface area contributed by atoms with Gasteiger partial charge in [-0.15, -0.1) is 34.2 Å². The molecule has 146 valence electrons. The number of aliphatic imine (C=N–C) groups is 1. The van der Waals surface area contributed by atoms with E-state index >= 15 is 0 Å². The van der Waals surface area contributed by atoms with Crippen LogP contribution in [-0.2, 0) is 13.6 Å². The average molecular weight is 465 g/mol. The molecule has 0 amide bonds. The number of rotatable bonds is 10. The molecular formula is C17H36IN7. The highest BCUT2D eigenvalue weighted by atomic mass is 127. The SMILES string of the molecule is CCNC(=NCc1nnc(C)n1C)NC(C)CCCN(CC)CC.I. The normalized spacial score (nSPS) is 12.8. The van der Waals surface area contributed by atoms with Crippen molar-refractivity contribution < 1.29 is 0 Å². The first kappa shape index (κ1) is 24.1. The van der Waals surface area contributed by atoms with Gasteiger partial charge in [0.2, 0.25) is 0 Å². The standard InChI is InChI=1S/C17H35N7.HI/c1-7-18-17(19-13-16-22-21-15(5)23(16)6)20-14(4)11-10-12-24(8-2)9-3;/h14H,7-13H2,1-6H3,(H2,18,19,20);1H. The van der Waals surface area contributed by atoms with Gasteiger partial charge in [-0.3, -0.25) is 0 Å². The van der Waals surface area contributed by atoms with E-state index in [-0.39, 0.29) is 24.0 Å². The van der Waals surface area contributed by atoms with Crippen LogP contribution in [0.25, 0.3) is 0 Å². The number of aromatic nitrogens is 3. The van der Waals surface area contributed by atoms with Crippen LogP contribution in [0.15, 0.2) is 4.99 Å². The molecule has 1 heterocycles. The summed E-state index contributed by atoms with van der Waals surface area (Å²) in [6.45, 7) is 15.4. The lowest BCUT2D eigenvalue weighted by Gasteiger charge is -2.21. The molecule has 0 aromatic carbocycles. The lowest BCUT2D eigenvalue weighted by molar-refractivity contribution is 0.292. The Morgan fingerprint density at radius 1 is 1.24 bits per heavy atom. The molecule has 1 aromatic heterocycles. The fourth-order valence-corrected chi connectivity index (χ4v) is 2.52. The van der Waals surface area contributed by atoms with Gasteiger partial charge in [-0.25, -0.2) is 4.99 Å². The Balaban J connectivity index is 0.00000576. The van der Waals surface area contributed by atoms with Gasteiger partial charge in [0.1, 0.15) is 12.4 Å². The third-order valence-electron chi connectivity index (χ3n) is 4.29. The van der Waals surface area contributed by atoms with E-state index in [4.69, 9.17) is 0 Å². The van der Waals surface area contributed by atoms with Crippen LogP contribution in [0.2, 0.25) is 0 Å². The van der Waals surface area contributed by atoms with Gasteiger partial charge < -0.3 is 20.1 Å². The van der Waals surface area contributed by atoms with Gasteiger partial charge in [0.05, 0.1) is 0 Å². The van der Waals surface area contributed by atoms with Crippen molar-refractivity contribution in [2.75, 3.05) is 26.2 Å². The van der Waals surface area contributed by atoms with Gasteiger partial charge in [0.15, 0.2) is 11.8 Å². The second-order valence-corrected chi connectivity index (χ2v) is 6.13. The quantitative estimate of drug-likeness (QED) is 0.315. The van der Waals surface area contributed by atoms with Crippen LogP contribution in [0.1, 0.15) is 52.2 Å². The molecule has 0 saturated heterocycles. The molecule has 1 aromatic rings. The first-order valence-corrected chi connectivity index (χ1v) is 9.13. The molecule has 0 spiro atoms. The van der Waals surface area contributed by atoms with E-state index in [1.54, 1.807) is 0 Å². The maximum Gasteiger partial charge on any atom is 0.191 e. The number of hydrogen-bond donors (Lipinski definition) is 2. The van der Waals surface area contributed by atoms with Crippen molar-refractivity contribution in [1.29, 1.82) is 0 Å². The van der Waals surface area contributed by atoms with Crippen LogP contribution < -0.4 is 10.6 Å². The van der Waals surface area contributed by atoms with Crippen molar-refractivity contribution in [2.45, 2.75) is 60.0 Å². The first-order chi connectivity index (χ1) is 11.5. The molecule has 0 fully saturated rings. The molecule has 2 N–H and O–H groups in total. The monoisotopic (exact) mass is 465 g/mol. The van der Waals surface area contributed by atoms with Crippen molar-refractivity contribution in [2.24, 2.45) is 12.0 Å². The molecule has 25 heavy (non-hydrogen) atoms. The van der Waals surface area contributed by atoms with Gasteiger partial charge in [0.25, 0.3) is 0 Å². The Morgan fingerprint density at radius 2 is 1.92 bits per heavy atom. The maximum atomic E-state index is 4.63. The minimum atomic E-state index is 0. The topological polar surface area (TPSA) is 70.4 Å². The molecule has 0 aliphatic carbocycles. The maximum absolute atomic E-state index is 4.63. The lowest BCUT2D eigenvalue weighted by atomic mass is 10.2. The summed E-state index contributed by atoms with van der Waals surface area (Å²) in [6, 6.07) is 0.389. The number of nitrogens with zero attached hydrogens (tertiary/aromatic N) is 5. The second kappa shape index (κ2) is 13.3. The number of nitrogens with one attached hydrogen (secondary N) is 2. The summed E-state index contributed by atoms with van der Waals surface area (Å²) in [6.07, 6.45) is 2.32. The van der Waals surface area contributed by atoms with Crippen LogP contribution in [-0.4, -0.2) is 57.8 Å². The van der Waals surface area contributed by atoms with Crippen LogP contribution >= 0.6 is 24.0 Å². The Labute approximate surface area is 170 Å². The van der Waals surface area contributed by atoms with Crippen LogP contribution in [0.3, 0.4) is 0 Å². The summed E-state index contributed by atoms with van der Waals surface area (Å²) >= 11 is 0. The molecule has 0 aliphatic rings. The highest BCUT2D eigenvalue weighted by molar-refractivity contribution is 14.0. The van der Waals surface area contributed by atoms with Crippen LogP contribution in [0, 0.1) is 6.92 Å². The van der Waals surface area contributed by atoms with Gasteiger partial charge in [0, 0.05) is 19.6 Å². The lowest BCUT2D eigenvalue weighted by Crippen LogP contribution is -2.42. The fourth-order valence-electron chi connectivity index (χ4n) is 2.52. The zero-order valence-corrected chi connectivity index (χ0v) is 19.0. The highest BCUT2D eigenvalue weighted by Crippen LogP contribution is 2.01. The van der Waals surface area contributed by atoms with E-state index in [1.165, 1.54) is 6.42 Å². The highest BCUT2D eigenvalue weighted by Gasteiger charge is 2.08. The number of aryl methyl sites for hydroxylation is 1. The van der Waals surface area contributed by atoms with Gasteiger partial charge in [-0.05, 0) is 53.2 Å². The van der Waals surface area contributed by atoms with Crippen molar-refractivity contribution in [3.8, 4) is 0 Å². The molecule has 0 saturated carbocycles. The van der Waals surface area contributed by atoms with E-state index in [9.17, 15) is 0 Å². The fraction of sp³-hybridized carbons (Fsp3) is 0.824. The van der Waals surface area contributed by atoms with E-state index in [0.29, 0.717) is 12.6 Å². The molecular weight excluding hydrogens is 429 g/mol. The van der Waals surface area contributed by atoms with E-state index in [0.717, 1.165) is 50.2 Å². The largest absolute Gasteiger partial charge is 0.357 e. The molecule has 8 heteroatoms. The van der Waals surface area contributed by atoms with E-state index in [1.807, 2.05) is 18.5 Å². The predicted octanol–water partition coefficient (Wildman–Crippen LogP) is 2.31. The Morgan fingerprint density at radius 3 is 2.44 bits per heavy atom. The molecule has 0 aliphatic heterocycles. The number of guanidine groups is 1. The van der Waals surface area contributed by atoms with E-state index in [2.05, 4.69) is 58.4 Å². The summed E-state index contributed by atoms with van der Waals surface area (Å²) < 4.78 is 1.97. The molecule has 1 unspecified atom stereocenters. The van der Waals surface area contributed by atoms with Crippen LogP contribution in [0.5, 0.6) is 0 Å².